The lowest BCUT2D eigenvalue weighted by molar-refractivity contribution is -0.493. The molecule has 6 aliphatic rings. The molecule has 2 bridgehead atoms. The molecule has 0 radical (unpaired) electrons. The summed E-state index contributed by atoms with van der Waals surface area (Å²) >= 11 is 0. The van der Waals surface area contributed by atoms with E-state index in [2.05, 4.69) is 41.5 Å². The monoisotopic (exact) mass is 486 g/mol. The fourth-order valence-electron chi connectivity index (χ4n) is 9.06. The Morgan fingerprint density at radius 2 is 1.80 bits per heavy atom. The normalized spacial score (nSPS) is 45.9. The van der Waals surface area contributed by atoms with Crippen LogP contribution >= 0.6 is 0 Å². The molecule has 3 saturated carbocycles. The van der Waals surface area contributed by atoms with Crippen LogP contribution in [0.15, 0.2) is 11.6 Å². The van der Waals surface area contributed by atoms with Crippen molar-refractivity contribution in [3.8, 4) is 0 Å². The highest BCUT2D eigenvalue weighted by Crippen LogP contribution is 2.72. The molecule has 0 aromatic carbocycles. The first-order valence-electron chi connectivity index (χ1n) is 14.2. The smallest absolute Gasteiger partial charge is 0.302 e. The molecule has 6 rings (SSSR count). The molecule has 5 fully saturated rings. The lowest BCUT2D eigenvalue weighted by Crippen LogP contribution is -2.72. The van der Waals surface area contributed by atoms with E-state index < -0.39 is 16.6 Å². The van der Waals surface area contributed by atoms with Gasteiger partial charge in [0.1, 0.15) is 17.3 Å². The van der Waals surface area contributed by atoms with E-state index in [1.807, 2.05) is 6.08 Å². The van der Waals surface area contributed by atoms with Gasteiger partial charge in [-0.1, -0.05) is 54.4 Å². The van der Waals surface area contributed by atoms with Gasteiger partial charge < -0.3 is 4.74 Å². The number of hydrogen-bond acceptors (Lipinski definition) is 5. The van der Waals surface area contributed by atoms with E-state index in [9.17, 15) is 9.59 Å². The van der Waals surface area contributed by atoms with Crippen molar-refractivity contribution >= 4 is 11.8 Å². The summed E-state index contributed by atoms with van der Waals surface area (Å²) in [4.78, 5) is 38.6. The van der Waals surface area contributed by atoms with E-state index in [-0.39, 0.29) is 23.4 Å². The molecule has 9 unspecified atom stereocenters. The average Bonchev–Trinajstić information content (AvgIpc) is 3.17. The third kappa shape index (κ3) is 3.46. The van der Waals surface area contributed by atoms with Crippen LogP contribution in [0.5, 0.6) is 0 Å². The van der Waals surface area contributed by atoms with Crippen molar-refractivity contribution in [2.24, 2.45) is 40.4 Å². The summed E-state index contributed by atoms with van der Waals surface area (Å²) in [5.41, 5.74) is -0.486. The van der Waals surface area contributed by atoms with Gasteiger partial charge in [0.2, 0.25) is 0 Å². The van der Waals surface area contributed by atoms with Gasteiger partial charge in [0, 0.05) is 30.1 Å². The van der Waals surface area contributed by atoms with Crippen LogP contribution in [-0.4, -0.2) is 29.1 Å². The van der Waals surface area contributed by atoms with E-state index in [0.717, 1.165) is 38.5 Å². The predicted molar refractivity (Wildman–Crippen MR) is 134 cm³/mol. The Morgan fingerprint density at radius 3 is 2.43 bits per heavy atom. The quantitative estimate of drug-likeness (QED) is 0.313. The SMILES string of the molecule is CC(=O)OC1CCC2(C)C3=CC(=O)C4(C)C(C(C)CCC(C)C(C)C)CCC4C34CCC2(C1)OO4. The second kappa shape index (κ2) is 8.41. The van der Waals surface area contributed by atoms with Crippen molar-refractivity contribution in [2.45, 2.75) is 124 Å². The average molecular weight is 487 g/mol. The van der Waals surface area contributed by atoms with Gasteiger partial charge in [0.05, 0.1) is 0 Å². The van der Waals surface area contributed by atoms with Gasteiger partial charge in [-0.2, -0.15) is 0 Å². The molecule has 2 aliphatic heterocycles. The number of allylic oxidation sites excluding steroid dienone is 1. The Morgan fingerprint density at radius 1 is 1.06 bits per heavy atom. The fourth-order valence-corrected chi connectivity index (χ4v) is 9.06. The molecule has 2 spiro atoms. The Balaban J connectivity index is 1.45. The Kier molecular flexibility index (Phi) is 6.12. The number of carbonyl (C=O) groups excluding carboxylic acids is 2. The van der Waals surface area contributed by atoms with Gasteiger partial charge in [-0.05, 0) is 73.8 Å². The van der Waals surface area contributed by atoms with Crippen molar-refractivity contribution in [3.05, 3.63) is 11.6 Å². The zero-order chi connectivity index (χ0) is 25.4. The molecule has 0 N–H and O–H groups in total. The minimum Gasteiger partial charge on any atom is -0.462 e. The van der Waals surface area contributed by atoms with E-state index in [1.165, 1.54) is 25.3 Å². The van der Waals surface area contributed by atoms with Crippen LogP contribution in [0.4, 0.5) is 0 Å². The molecule has 5 heteroatoms. The van der Waals surface area contributed by atoms with Crippen LogP contribution in [0.25, 0.3) is 0 Å². The van der Waals surface area contributed by atoms with Gasteiger partial charge in [0.15, 0.2) is 5.78 Å². The number of carbonyl (C=O) groups is 2. The minimum atomic E-state index is -0.523. The van der Waals surface area contributed by atoms with Gasteiger partial charge in [0.25, 0.3) is 0 Å². The standard InChI is InChI=1S/C30H46O5/c1-18(2)19(3)8-9-20(4)23-10-11-24-28(23,7)26(32)16-25-27(6)13-12-22(33-21(5)31)17-29(27)14-15-30(24,25)35-34-29/h16,18-20,22-24H,8-15,17H2,1-7H3. The van der Waals surface area contributed by atoms with Crippen molar-refractivity contribution < 1.29 is 24.1 Å². The second-order valence-corrected chi connectivity index (χ2v) is 13.6. The number of hydrogen-bond donors (Lipinski definition) is 0. The van der Waals surface area contributed by atoms with Crippen LogP contribution in [0, 0.1) is 40.4 Å². The summed E-state index contributed by atoms with van der Waals surface area (Å²) in [6.07, 6.45) is 10.4. The fraction of sp³-hybridized carbons (Fsp3) is 0.867. The topological polar surface area (TPSA) is 61.8 Å². The second-order valence-electron chi connectivity index (χ2n) is 13.6. The van der Waals surface area contributed by atoms with Crippen LogP contribution in [0.2, 0.25) is 0 Å². The Labute approximate surface area is 211 Å². The van der Waals surface area contributed by atoms with Crippen molar-refractivity contribution in [1.29, 1.82) is 0 Å². The Bertz CT molecular complexity index is 912. The van der Waals surface area contributed by atoms with Crippen molar-refractivity contribution in [1.82, 2.24) is 0 Å². The van der Waals surface area contributed by atoms with E-state index in [0.29, 0.717) is 35.9 Å². The number of esters is 1. The molecule has 4 aliphatic carbocycles. The highest BCUT2D eigenvalue weighted by molar-refractivity contribution is 5.98. The molecule has 35 heavy (non-hydrogen) atoms. The molecule has 196 valence electrons. The van der Waals surface area contributed by atoms with Crippen LogP contribution in [0.1, 0.15) is 106 Å². The van der Waals surface area contributed by atoms with Gasteiger partial charge in [-0.25, -0.2) is 9.78 Å². The van der Waals surface area contributed by atoms with Crippen molar-refractivity contribution in [3.63, 3.8) is 0 Å². The van der Waals surface area contributed by atoms with E-state index in [4.69, 9.17) is 14.5 Å². The summed E-state index contributed by atoms with van der Waals surface area (Å²) in [5.74, 6) is 2.54. The lowest BCUT2D eigenvalue weighted by Gasteiger charge is -2.68. The maximum atomic E-state index is 14.1. The summed E-state index contributed by atoms with van der Waals surface area (Å²) in [5, 5.41) is 0. The molecule has 5 nitrogen and oxygen atoms in total. The lowest BCUT2D eigenvalue weighted by atomic mass is 9.44. The molecule has 0 aromatic heterocycles. The third-order valence-corrected chi connectivity index (χ3v) is 11.7. The highest BCUT2D eigenvalue weighted by atomic mass is 17.2. The first kappa shape index (κ1) is 25.4. The summed E-state index contributed by atoms with van der Waals surface area (Å²) < 4.78 is 5.60. The minimum absolute atomic E-state index is 0.148. The van der Waals surface area contributed by atoms with E-state index in [1.54, 1.807) is 0 Å². The maximum absolute atomic E-state index is 14.1. The first-order valence-corrected chi connectivity index (χ1v) is 14.2. The highest BCUT2D eigenvalue weighted by Gasteiger charge is 2.75. The molecular weight excluding hydrogens is 440 g/mol. The molecule has 9 atom stereocenters. The largest absolute Gasteiger partial charge is 0.462 e. The number of ketones is 1. The summed E-state index contributed by atoms with van der Waals surface area (Å²) in [7, 11) is 0. The molecular formula is C30H46O5. The van der Waals surface area contributed by atoms with Gasteiger partial charge >= 0.3 is 5.97 Å². The van der Waals surface area contributed by atoms with Crippen LogP contribution < -0.4 is 0 Å². The molecule has 2 saturated heterocycles. The molecule has 0 aromatic rings. The zero-order valence-electron chi connectivity index (χ0n) is 22.9. The summed E-state index contributed by atoms with van der Waals surface area (Å²) in [6.45, 7) is 15.3. The Hall–Kier alpha value is -1.20. The summed E-state index contributed by atoms with van der Waals surface area (Å²) in [6, 6.07) is 0. The third-order valence-electron chi connectivity index (χ3n) is 11.7. The zero-order valence-corrected chi connectivity index (χ0v) is 22.9. The number of rotatable bonds is 6. The maximum Gasteiger partial charge on any atom is 0.302 e. The molecule has 2 heterocycles. The van der Waals surface area contributed by atoms with Crippen molar-refractivity contribution in [2.75, 3.05) is 0 Å². The van der Waals surface area contributed by atoms with Crippen LogP contribution in [0.3, 0.4) is 0 Å². The first-order chi connectivity index (χ1) is 16.4. The number of fused-ring (bicyclic) bond motifs is 3. The van der Waals surface area contributed by atoms with Crippen LogP contribution in [-0.2, 0) is 24.1 Å². The van der Waals surface area contributed by atoms with Gasteiger partial charge in [-0.3, -0.25) is 9.59 Å². The predicted octanol–water partition coefficient (Wildman–Crippen LogP) is 6.59. The molecule has 0 amide bonds. The number of ether oxygens (including phenoxy) is 1. The van der Waals surface area contributed by atoms with Gasteiger partial charge in [-0.15, -0.1) is 0 Å². The van der Waals surface area contributed by atoms with E-state index >= 15 is 0 Å².